The Morgan fingerprint density at radius 3 is 3.00 bits per heavy atom. The van der Waals surface area contributed by atoms with E-state index in [9.17, 15) is 0 Å². The molecule has 0 atom stereocenters. The van der Waals surface area contributed by atoms with Crippen molar-refractivity contribution in [1.82, 2.24) is 9.97 Å². The third kappa shape index (κ3) is 1.64. The molecule has 0 bridgehead atoms. The smallest absolute Gasteiger partial charge is 0.224 e. The van der Waals surface area contributed by atoms with Crippen LogP contribution in [0.5, 0.6) is 0 Å². The molecule has 0 aliphatic heterocycles. The van der Waals surface area contributed by atoms with Gasteiger partial charge in [-0.2, -0.15) is 4.98 Å². The molecular weight excluding hydrogens is 152 g/mol. The van der Waals surface area contributed by atoms with Crippen LogP contribution in [-0.4, -0.2) is 23.1 Å². The monoisotopic (exact) mass is 164 g/mol. The fourth-order valence-electron chi connectivity index (χ4n) is 0.978. The van der Waals surface area contributed by atoms with Crippen LogP contribution in [0.15, 0.2) is 12.3 Å². The third-order valence-corrected chi connectivity index (χ3v) is 1.82. The van der Waals surface area contributed by atoms with E-state index in [1.807, 2.05) is 13.1 Å². The van der Waals surface area contributed by atoms with E-state index in [1.165, 1.54) is 12.8 Å². The molecule has 1 aliphatic carbocycles. The van der Waals surface area contributed by atoms with Gasteiger partial charge in [0.25, 0.3) is 0 Å². The van der Waals surface area contributed by atoms with Crippen molar-refractivity contribution in [3.8, 4) is 0 Å². The van der Waals surface area contributed by atoms with Gasteiger partial charge in [-0.1, -0.05) is 0 Å². The summed E-state index contributed by atoms with van der Waals surface area (Å²) in [6, 6.07) is 2.45. The van der Waals surface area contributed by atoms with E-state index in [0.29, 0.717) is 6.04 Å². The lowest BCUT2D eigenvalue weighted by Crippen LogP contribution is -2.06. The lowest BCUT2D eigenvalue weighted by molar-refractivity contribution is 1.05. The maximum absolute atomic E-state index is 4.24. The zero-order chi connectivity index (χ0) is 8.39. The third-order valence-electron chi connectivity index (χ3n) is 1.82. The van der Waals surface area contributed by atoms with Crippen LogP contribution in [0.1, 0.15) is 12.8 Å². The largest absolute Gasteiger partial charge is 0.373 e. The van der Waals surface area contributed by atoms with Gasteiger partial charge in [-0.25, -0.2) is 4.98 Å². The average Bonchev–Trinajstić information content (AvgIpc) is 2.89. The number of anilines is 2. The van der Waals surface area contributed by atoms with Gasteiger partial charge in [-0.3, -0.25) is 0 Å². The fourth-order valence-corrected chi connectivity index (χ4v) is 0.978. The molecule has 0 amide bonds. The van der Waals surface area contributed by atoms with E-state index < -0.39 is 0 Å². The van der Waals surface area contributed by atoms with Crippen molar-refractivity contribution in [2.24, 2.45) is 0 Å². The van der Waals surface area contributed by atoms with E-state index >= 15 is 0 Å². The van der Waals surface area contributed by atoms with Crippen LogP contribution in [0.25, 0.3) is 0 Å². The Bertz CT molecular complexity index is 270. The highest BCUT2D eigenvalue weighted by molar-refractivity contribution is 5.39. The second-order valence-electron chi connectivity index (χ2n) is 2.93. The fraction of sp³-hybridized carbons (Fsp3) is 0.500. The van der Waals surface area contributed by atoms with Crippen molar-refractivity contribution >= 4 is 11.8 Å². The molecule has 1 fully saturated rings. The molecule has 0 saturated heterocycles. The number of nitrogens with zero attached hydrogens (tertiary/aromatic N) is 2. The van der Waals surface area contributed by atoms with Gasteiger partial charge in [0.1, 0.15) is 5.82 Å². The van der Waals surface area contributed by atoms with Crippen molar-refractivity contribution < 1.29 is 0 Å². The predicted molar refractivity (Wildman–Crippen MR) is 48.2 cm³/mol. The first-order chi connectivity index (χ1) is 5.88. The van der Waals surface area contributed by atoms with Crippen LogP contribution in [0.3, 0.4) is 0 Å². The summed E-state index contributed by atoms with van der Waals surface area (Å²) >= 11 is 0. The molecule has 1 heterocycles. The van der Waals surface area contributed by atoms with E-state index in [-0.39, 0.29) is 0 Å². The molecule has 4 heteroatoms. The quantitative estimate of drug-likeness (QED) is 0.702. The topological polar surface area (TPSA) is 49.8 Å². The molecule has 0 radical (unpaired) electrons. The first-order valence-electron chi connectivity index (χ1n) is 4.16. The molecule has 2 N–H and O–H groups in total. The van der Waals surface area contributed by atoms with Crippen LogP contribution >= 0.6 is 0 Å². The summed E-state index contributed by atoms with van der Waals surface area (Å²) in [7, 11) is 1.85. The van der Waals surface area contributed by atoms with Crippen LogP contribution in [0, 0.1) is 0 Å². The van der Waals surface area contributed by atoms with E-state index in [1.54, 1.807) is 6.20 Å². The normalized spacial score (nSPS) is 15.8. The molecular formula is C8H12N4. The maximum Gasteiger partial charge on any atom is 0.224 e. The molecule has 12 heavy (non-hydrogen) atoms. The number of nitrogens with one attached hydrogen (secondary N) is 2. The molecule has 2 rings (SSSR count). The molecule has 1 aromatic rings. The van der Waals surface area contributed by atoms with Crippen LogP contribution in [0.2, 0.25) is 0 Å². The van der Waals surface area contributed by atoms with Gasteiger partial charge in [0.2, 0.25) is 5.95 Å². The maximum atomic E-state index is 4.24. The molecule has 64 valence electrons. The first-order valence-corrected chi connectivity index (χ1v) is 4.16. The summed E-state index contributed by atoms with van der Waals surface area (Å²) in [5.74, 6) is 1.58. The van der Waals surface area contributed by atoms with E-state index in [2.05, 4.69) is 20.6 Å². The minimum Gasteiger partial charge on any atom is -0.373 e. The minimum atomic E-state index is 0.608. The van der Waals surface area contributed by atoms with Gasteiger partial charge in [0.05, 0.1) is 0 Å². The van der Waals surface area contributed by atoms with E-state index in [4.69, 9.17) is 0 Å². The van der Waals surface area contributed by atoms with Gasteiger partial charge in [0, 0.05) is 19.3 Å². The van der Waals surface area contributed by atoms with Gasteiger partial charge >= 0.3 is 0 Å². The Labute approximate surface area is 71.4 Å². The lowest BCUT2D eigenvalue weighted by Gasteiger charge is -2.03. The molecule has 4 nitrogen and oxygen atoms in total. The molecule has 0 spiro atoms. The van der Waals surface area contributed by atoms with Crippen molar-refractivity contribution in [1.29, 1.82) is 0 Å². The molecule has 0 unspecified atom stereocenters. The minimum absolute atomic E-state index is 0.608. The molecule has 1 aromatic heterocycles. The second-order valence-corrected chi connectivity index (χ2v) is 2.93. The molecule has 0 aromatic carbocycles. The van der Waals surface area contributed by atoms with Crippen molar-refractivity contribution in [2.45, 2.75) is 18.9 Å². The van der Waals surface area contributed by atoms with Crippen molar-refractivity contribution in [3.63, 3.8) is 0 Å². The standard InChI is InChI=1S/C8H12N4/c1-9-7-4-5-10-8(12-7)11-6-2-3-6/h4-6H,2-3H2,1H3,(H2,9,10,11,12). The first kappa shape index (κ1) is 7.34. The number of rotatable bonds is 3. The highest BCUT2D eigenvalue weighted by Gasteiger charge is 2.21. The van der Waals surface area contributed by atoms with Gasteiger partial charge in [0.15, 0.2) is 0 Å². The molecule has 1 aliphatic rings. The summed E-state index contributed by atoms with van der Waals surface area (Å²) in [6.45, 7) is 0. The summed E-state index contributed by atoms with van der Waals surface area (Å²) in [5, 5.41) is 6.20. The molecule has 1 saturated carbocycles. The Morgan fingerprint density at radius 2 is 2.33 bits per heavy atom. The SMILES string of the molecule is CNc1ccnc(NC2CC2)n1. The van der Waals surface area contributed by atoms with Gasteiger partial charge in [-0.05, 0) is 18.9 Å². The number of hydrogen-bond acceptors (Lipinski definition) is 4. The van der Waals surface area contributed by atoms with Gasteiger partial charge < -0.3 is 10.6 Å². The van der Waals surface area contributed by atoms with Crippen LogP contribution < -0.4 is 10.6 Å². The van der Waals surface area contributed by atoms with Gasteiger partial charge in [-0.15, -0.1) is 0 Å². The number of hydrogen-bond donors (Lipinski definition) is 2. The highest BCUT2D eigenvalue weighted by atomic mass is 15.2. The van der Waals surface area contributed by atoms with Crippen LogP contribution in [0.4, 0.5) is 11.8 Å². The zero-order valence-corrected chi connectivity index (χ0v) is 7.04. The summed E-state index contributed by atoms with van der Waals surface area (Å²) in [5.41, 5.74) is 0. The second kappa shape index (κ2) is 2.97. The predicted octanol–water partition coefficient (Wildman–Crippen LogP) is 1.09. The van der Waals surface area contributed by atoms with Crippen LogP contribution in [-0.2, 0) is 0 Å². The van der Waals surface area contributed by atoms with Crippen molar-refractivity contribution in [3.05, 3.63) is 12.3 Å². The zero-order valence-electron chi connectivity index (χ0n) is 7.04. The Kier molecular flexibility index (Phi) is 1.81. The summed E-state index contributed by atoms with van der Waals surface area (Å²) in [6.07, 6.45) is 4.24. The Hall–Kier alpha value is -1.32. The Morgan fingerprint density at radius 1 is 1.50 bits per heavy atom. The van der Waals surface area contributed by atoms with E-state index in [0.717, 1.165) is 11.8 Å². The van der Waals surface area contributed by atoms with Crippen molar-refractivity contribution in [2.75, 3.05) is 17.7 Å². The lowest BCUT2D eigenvalue weighted by atomic mass is 10.6. The Balaban J connectivity index is 2.08. The summed E-state index contributed by atoms with van der Waals surface area (Å²) < 4.78 is 0. The number of aromatic nitrogens is 2. The summed E-state index contributed by atoms with van der Waals surface area (Å²) in [4.78, 5) is 8.34. The highest BCUT2D eigenvalue weighted by Crippen LogP contribution is 2.22. The average molecular weight is 164 g/mol.